The molecule has 1 aromatic rings. The van der Waals surface area contributed by atoms with Gasteiger partial charge in [0.1, 0.15) is 11.6 Å². The fourth-order valence-corrected chi connectivity index (χ4v) is 2.41. The summed E-state index contributed by atoms with van der Waals surface area (Å²) >= 11 is 1.67. The highest BCUT2D eigenvalue weighted by Gasteiger charge is 2.25. The van der Waals surface area contributed by atoms with Gasteiger partial charge in [0.2, 0.25) is 0 Å². The van der Waals surface area contributed by atoms with Gasteiger partial charge in [-0.15, -0.1) is 0 Å². The Balaban J connectivity index is 2.58. The number of nitrogens with one attached hydrogen (secondary N) is 1. The lowest BCUT2D eigenvalue weighted by atomic mass is 10.0. The van der Waals surface area contributed by atoms with Gasteiger partial charge in [-0.2, -0.15) is 11.3 Å². The third-order valence-electron chi connectivity index (χ3n) is 2.53. The van der Waals surface area contributed by atoms with Gasteiger partial charge in [0.15, 0.2) is 0 Å². The SMILES string of the molecule is CC(C)C[C@@H](NCc1ccsc1)C(=O)OC(C)(C)C. The topological polar surface area (TPSA) is 38.3 Å². The summed E-state index contributed by atoms with van der Waals surface area (Å²) in [6.45, 7) is 10.6. The second kappa shape index (κ2) is 7.06. The molecule has 0 unspecified atom stereocenters. The second-order valence-electron chi connectivity index (χ2n) is 6.23. The average molecular weight is 283 g/mol. The normalized spacial score (nSPS) is 13.6. The molecule has 19 heavy (non-hydrogen) atoms. The van der Waals surface area contributed by atoms with Crippen LogP contribution in [0.15, 0.2) is 16.8 Å². The Hall–Kier alpha value is -0.870. The van der Waals surface area contributed by atoms with E-state index < -0.39 is 5.60 Å². The molecular weight excluding hydrogens is 258 g/mol. The van der Waals surface area contributed by atoms with Crippen molar-refractivity contribution in [2.45, 2.75) is 59.2 Å². The molecule has 1 N–H and O–H groups in total. The predicted molar refractivity (Wildman–Crippen MR) is 80.2 cm³/mol. The minimum atomic E-state index is -0.434. The van der Waals surface area contributed by atoms with Crippen LogP contribution in [0.3, 0.4) is 0 Å². The maximum atomic E-state index is 12.2. The summed E-state index contributed by atoms with van der Waals surface area (Å²) in [5.74, 6) is 0.295. The molecule has 0 amide bonds. The zero-order chi connectivity index (χ0) is 14.5. The van der Waals surface area contributed by atoms with Crippen molar-refractivity contribution in [2.24, 2.45) is 5.92 Å². The van der Waals surface area contributed by atoms with E-state index >= 15 is 0 Å². The first kappa shape index (κ1) is 16.2. The molecule has 1 heterocycles. The van der Waals surface area contributed by atoms with Crippen LogP contribution >= 0.6 is 11.3 Å². The summed E-state index contributed by atoms with van der Waals surface area (Å²) in [4.78, 5) is 12.2. The van der Waals surface area contributed by atoms with Crippen LogP contribution in [0.5, 0.6) is 0 Å². The molecule has 3 nitrogen and oxygen atoms in total. The van der Waals surface area contributed by atoms with Gasteiger partial charge in [0.25, 0.3) is 0 Å². The van der Waals surface area contributed by atoms with E-state index in [1.807, 2.05) is 26.2 Å². The highest BCUT2D eigenvalue weighted by Crippen LogP contribution is 2.14. The van der Waals surface area contributed by atoms with Crippen molar-refractivity contribution >= 4 is 17.3 Å². The summed E-state index contributed by atoms with van der Waals surface area (Å²) in [7, 11) is 0. The number of ether oxygens (including phenoxy) is 1. The fraction of sp³-hybridized carbons (Fsp3) is 0.667. The van der Waals surface area contributed by atoms with Gasteiger partial charge in [-0.1, -0.05) is 13.8 Å². The Morgan fingerprint density at radius 2 is 2.11 bits per heavy atom. The molecule has 0 bridgehead atoms. The lowest BCUT2D eigenvalue weighted by Crippen LogP contribution is -2.41. The van der Waals surface area contributed by atoms with E-state index in [9.17, 15) is 4.79 Å². The minimum absolute atomic E-state index is 0.156. The van der Waals surface area contributed by atoms with Crippen LogP contribution in [0.1, 0.15) is 46.6 Å². The molecule has 0 aliphatic carbocycles. The monoisotopic (exact) mass is 283 g/mol. The molecule has 0 aromatic carbocycles. The average Bonchev–Trinajstić information content (AvgIpc) is 2.73. The highest BCUT2D eigenvalue weighted by molar-refractivity contribution is 7.07. The van der Waals surface area contributed by atoms with Gasteiger partial charge in [-0.3, -0.25) is 4.79 Å². The first-order chi connectivity index (χ1) is 8.78. The molecule has 0 saturated carbocycles. The van der Waals surface area contributed by atoms with Crippen LogP contribution in [0.2, 0.25) is 0 Å². The standard InChI is InChI=1S/C15H25NO2S/c1-11(2)8-13(14(17)18-15(3,4)5)16-9-12-6-7-19-10-12/h6-7,10-11,13,16H,8-9H2,1-5H3/t13-/m1/s1. The van der Waals surface area contributed by atoms with Crippen LogP contribution in [0, 0.1) is 5.92 Å². The van der Waals surface area contributed by atoms with Crippen LogP contribution in [0.4, 0.5) is 0 Å². The second-order valence-corrected chi connectivity index (χ2v) is 7.01. The number of esters is 1. The maximum absolute atomic E-state index is 12.2. The summed E-state index contributed by atoms with van der Waals surface area (Å²) in [6.07, 6.45) is 0.791. The summed E-state index contributed by atoms with van der Waals surface area (Å²) in [5.41, 5.74) is 0.776. The molecule has 0 fully saturated rings. The molecule has 1 aromatic heterocycles. The van der Waals surface area contributed by atoms with Gasteiger partial charge in [-0.05, 0) is 55.5 Å². The van der Waals surface area contributed by atoms with Crippen molar-refractivity contribution in [3.8, 4) is 0 Å². The Morgan fingerprint density at radius 1 is 1.42 bits per heavy atom. The molecule has 4 heteroatoms. The van der Waals surface area contributed by atoms with E-state index in [-0.39, 0.29) is 12.0 Å². The molecule has 1 rings (SSSR count). The lowest BCUT2D eigenvalue weighted by molar-refractivity contribution is -0.158. The Kier molecular flexibility index (Phi) is 6.01. The number of carbonyl (C=O) groups is 1. The fourth-order valence-electron chi connectivity index (χ4n) is 1.74. The lowest BCUT2D eigenvalue weighted by Gasteiger charge is -2.25. The smallest absolute Gasteiger partial charge is 0.323 e. The largest absolute Gasteiger partial charge is 0.459 e. The van der Waals surface area contributed by atoms with Gasteiger partial charge in [0.05, 0.1) is 0 Å². The number of thiophene rings is 1. The van der Waals surface area contributed by atoms with E-state index in [0.717, 1.165) is 6.42 Å². The molecular formula is C15H25NO2S. The highest BCUT2D eigenvalue weighted by atomic mass is 32.1. The van der Waals surface area contributed by atoms with Crippen molar-refractivity contribution in [3.05, 3.63) is 22.4 Å². The van der Waals surface area contributed by atoms with Crippen molar-refractivity contribution in [1.82, 2.24) is 5.32 Å². The number of hydrogen-bond donors (Lipinski definition) is 1. The quantitative estimate of drug-likeness (QED) is 0.811. The van der Waals surface area contributed by atoms with E-state index in [0.29, 0.717) is 12.5 Å². The summed E-state index contributed by atoms with van der Waals surface area (Å²) < 4.78 is 5.47. The molecule has 1 atom stereocenters. The van der Waals surface area contributed by atoms with Crippen molar-refractivity contribution in [3.63, 3.8) is 0 Å². The van der Waals surface area contributed by atoms with Gasteiger partial charge >= 0.3 is 5.97 Å². The summed E-state index contributed by atoms with van der Waals surface area (Å²) in [6, 6.07) is 1.83. The van der Waals surface area contributed by atoms with Crippen LogP contribution in [0.25, 0.3) is 0 Å². The van der Waals surface area contributed by atoms with Crippen LogP contribution in [-0.4, -0.2) is 17.6 Å². The predicted octanol–water partition coefficient (Wildman–Crippen LogP) is 3.59. The van der Waals surface area contributed by atoms with Gasteiger partial charge < -0.3 is 10.1 Å². The van der Waals surface area contributed by atoms with Crippen molar-refractivity contribution < 1.29 is 9.53 Å². The van der Waals surface area contributed by atoms with Crippen molar-refractivity contribution in [2.75, 3.05) is 0 Å². The molecule has 108 valence electrons. The Labute approximate surface area is 120 Å². The molecule has 0 radical (unpaired) electrons. The van der Waals surface area contributed by atoms with E-state index in [4.69, 9.17) is 4.74 Å². The number of carbonyl (C=O) groups excluding carboxylic acids is 1. The zero-order valence-corrected chi connectivity index (χ0v) is 13.3. The molecule has 0 spiro atoms. The first-order valence-corrected chi connectivity index (χ1v) is 7.69. The zero-order valence-electron chi connectivity index (χ0n) is 12.5. The van der Waals surface area contributed by atoms with Crippen LogP contribution in [-0.2, 0) is 16.1 Å². The van der Waals surface area contributed by atoms with E-state index in [2.05, 4.69) is 30.6 Å². The summed E-state index contributed by atoms with van der Waals surface area (Å²) in [5, 5.41) is 7.44. The molecule has 0 saturated heterocycles. The molecule has 0 aliphatic heterocycles. The Morgan fingerprint density at radius 3 is 2.58 bits per heavy atom. The van der Waals surface area contributed by atoms with Gasteiger partial charge in [0, 0.05) is 6.54 Å². The van der Waals surface area contributed by atoms with E-state index in [1.165, 1.54) is 5.56 Å². The maximum Gasteiger partial charge on any atom is 0.323 e. The first-order valence-electron chi connectivity index (χ1n) is 6.75. The molecule has 0 aliphatic rings. The third-order valence-corrected chi connectivity index (χ3v) is 3.26. The van der Waals surface area contributed by atoms with Crippen LogP contribution < -0.4 is 5.32 Å². The number of hydrogen-bond acceptors (Lipinski definition) is 4. The minimum Gasteiger partial charge on any atom is -0.459 e. The van der Waals surface area contributed by atoms with Crippen molar-refractivity contribution in [1.29, 1.82) is 0 Å². The van der Waals surface area contributed by atoms with Gasteiger partial charge in [-0.25, -0.2) is 0 Å². The van der Waals surface area contributed by atoms with E-state index in [1.54, 1.807) is 11.3 Å². The number of rotatable bonds is 6. The Bertz CT molecular complexity index is 379. The third kappa shape index (κ3) is 6.73.